The van der Waals surface area contributed by atoms with Crippen LogP contribution < -0.4 is 5.32 Å². The van der Waals surface area contributed by atoms with Gasteiger partial charge in [-0.05, 0) is 38.2 Å². The van der Waals surface area contributed by atoms with Gasteiger partial charge in [-0.15, -0.1) is 0 Å². The highest BCUT2D eigenvalue weighted by atomic mass is 15.0. The molecule has 1 aromatic heterocycles. The number of hydrogen-bond donors (Lipinski definition) is 1. The molecule has 0 amide bonds. The zero-order valence-electron chi connectivity index (χ0n) is 11.2. The first-order valence-corrected chi connectivity index (χ1v) is 7.09. The Morgan fingerprint density at radius 2 is 2.33 bits per heavy atom. The number of nitrogens with one attached hydrogen (secondary N) is 1. The summed E-state index contributed by atoms with van der Waals surface area (Å²) in [4.78, 5) is 8.14. The molecule has 18 heavy (non-hydrogen) atoms. The van der Waals surface area contributed by atoms with E-state index in [0.29, 0.717) is 6.04 Å². The van der Waals surface area contributed by atoms with Crippen molar-refractivity contribution in [3.8, 4) is 0 Å². The predicted octanol–water partition coefficient (Wildman–Crippen LogP) is 3.95. The summed E-state index contributed by atoms with van der Waals surface area (Å²) in [5.74, 6) is 0.942. The van der Waals surface area contributed by atoms with Crippen LogP contribution in [0.4, 0.5) is 5.82 Å². The highest BCUT2D eigenvalue weighted by Crippen LogP contribution is 2.24. The van der Waals surface area contributed by atoms with E-state index in [1.807, 2.05) is 6.07 Å². The Morgan fingerprint density at radius 3 is 3.00 bits per heavy atom. The second-order valence-electron chi connectivity index (χ2n) is 5.03. The van der Waals surface area contributed by atoms with Crippen molar-refractivity contribution in [3.05, 3.63) is 30.2 Å². The van der Waals surface area contributed by atoms with Gasteiger partial charge < -0.3 is 5.32 Å². The van der Waals surface area contributed by atoms with Crippen LogP contribution in [0.5, 0.6) is 0 Å². The first-order valence-electron chi connectivity index (χ1n) is 7.09. The molecule has 0 spiro atoms. The van der Waals surface area contributed by atoms with E-state index in [9.17, 15) is 0 Å². The van der Waals surface area contributed by atoms with Gasteiger partial charge in [0.1, 0.15) is 12.1 Å². The molecule has 1 N–H and O–H groups in total. The smallest absolute Gasteiger partial charge is 0.129 e. The summed E-state index contributed by atoms with van der Waals surface area (Å²) in [6.07, 6.45) is 14.7. The maximum Gasteiger partial charge on any atom is 0.129 e. The molecule has 0 saturated carbocycles. The van der Waals surface area contributed by atoms with E-state index >= 15 is 0 Å². The maximum atomic E-state index is 4.21. The molecule has 98 valence electrons. The van der Waals surface area contributed by atoms with Crippen molar-refractivity contribution >= 4 is 5.82 Å². The molecule has 0 aliphatic heterocycles. The van der Waals surface area contributed by atoms with Gasteiger partial charge in [0.05, 0.1) is 0 Å². The summed E-state index contributed by atoms with van der Waals surface area (Å²) in [6, 6.07) is 2.47. The van der Waals surface area contributed by atoms with E-state index in [-0.39, 0.29) is 0 Å². The number of allylic oxidation sites excluding steroid dienone is 1. The van der Waals surface area contributed by atoms with E-state index < -0.39 is 0 Å². The Kier molecular flexibility index (Phi) is 5.18. The molecule has 3 nitrogen and oxygen atoms in total. The molecule has 0 aromatic carbocycles. The van der Waals surface area contributed by atoms with Gasteiger partial charge in [-0.3, -0.25) is 0 Å². The highest BCUT2D eigenvalue weighted by Gasteiger charge is 2.14. The van der Waals surface area contributed by atoms with Crippen molar-refractivity contribution in [3.63, 3.8) is 0 Å². The van der Waals surface area contributed by atoms with Crippen LogP contribution in [-0.4, -0.2) is 16.0 Å². The molecular formula is C15H23N3. The fraction of sp³-hybridized carbons (Fsp3) is 0.600. The lowest BCUT2D eigenvalue weighted by Gasteiger charge is -2.23. The lowest BCUT2D eigenvalue weighted by atomic mass is 9.92. The lowest BCUT2D eigenvalue weighted by Crippen LogP contribution is -2.22. The second-order valence-corrected chi connectivity index (χ2v) is 5.03. The summed E-state index contributed by atoms with van der Waals surface area (Å²) < 4.78 is 0. The average Bonchev–Trinajstić information content (AvgIpc) is 2.42. The summed E-state index contributed by atoms with van der Waals surface area (Å²) in [6.45, 7) is 2.26. The van der Waals surface area contributed by atoms with Crippen molar-refractivity contribution in [1.29, 1.82) is 0 Å². The van der Waals surface area contributed by atoms with E-state index in [1.165, 1.54) is 38.5 Å². The molecule has 0 radical (unpaired) electrons. The van der Waals surface area contributed by atoms with Crippen LogP contribution in [-0.2, 0) is 0 Å². The average molecular weight is 245 g/mol. The van der Waals surface area contributed by atoms with Crippen LogP contribution in [0.1, 0.15) is 51.9 Å². The number of rotatable bonds is 6. The highest BCUT2D eigenvalue weighted by molar-refractivity contribution is 5.33. The molecule has 1 aliphatic rings. The largest absolute Gasteiger partial charge is 0.367 e. The molecule has 1 heterocycles. The number of aromatic nitrogens is 2. The fourth-order valence-corrected chi connectivity index (χ4v) is 2.43. The monoisotopic (exact) mass is 245 g/mol. The minimum atomic E-state index is 0.537. The summed E-state index contributed by atoms with van der Waals surface area (Å²) in [5, 5.41) is 3.47. The van der Waals surface area contributed by atoms with Gasteiger partial charge in [0, 0.05) is 12.2 Å². The Balaban J connectivity index is 1.75. The Labute approximate surface area is 110 Å². The van der Waals surface area contributed by atoms with Gasteiger partial charge in [-0.1, -0.05) is 31.4 Å². The van der Waals surface area contributed by atoms with E-state index in [1.54, 1.807) is 18.1 Å². The van der Waals surface area contributed by atoms with Crippen LogP contribution >= 0.6 is 0 Å². The van der Waals surface area contributed by atoms with Crippen LogP contribution in [0.25, 0.3) is 0 Å². The zero-order chi connectivity index (χ0) is 12.6. The van der Waals surface area contributed by atoms with E-state index in [2.05, 4.69) is 28.3 Å². The Bertz CT molecular complexity index is 373. The Hall–Kier alpha value is -1.38. The second kappa shape index (κ2) is 7.14. The number of unbranched alkanes of at least 4 members (excludes halogenated alkanes) is 2. The van der Waals surface area contributed by atoms with Crippen LogP contribution in [0.15, 0.2) is 30.2 Å². The number of nitrogens with zero attached hydrogens (tertiary/aromatic N) is 2. The SMILES string of the molecule is CCCCCC1=CCC(Nc2ccncn2)CC1. The molecule has 3 heteroatoms. The minimum absolute atomic E-state index is 0.537. The third-order valence-electron chi connectivity index (χ3n) is 3.54. The summed E-state index contributed by atoms with van der Waals surface area (Å²) in [5.41, 5.74) is 1.66. The van der Waals surface area contributed by atoms with Crippen LogP contribution in [0.2, 0.25) is 0 Å². The lowest BCUT2D eigenvalue weighted by molar-refractivity contribution is 0.593. The molecule has 0 saturated heterocycles. The molecule has 0 fully saturated rings. The molecule has 1 aliphatic carbocycles. The van der Waals surface area contributed by atoms with Gasteiger partial charge in [0.2, 0.25) is 0 Å². The third kappa shape index (κ3) is 4.13. The van der Waals surface area contributed by atoms with E-state index in [4.69, 9.17) is 0 Å². The molecule has 2 rings (SSSR count). The molecule has 1 unspecified atom stereocenters. The maximum absolute atomic E-state index is 4.21. The molecule has 1 aromatic rings. The minimum Gasteiger partial charge on any atom is -0.367 e. The quantitative estimate of drug-likeness (QED) is 0.609. The molecule has 0 bridgehead atoms. The van der Waals surface area contributed by atoms with Gasteiger partial charge >= 0.3 is 0 Å². The third-order valence-corrected chi connectivity index (χ3v) is 3.54. The van der Waals surface area contributed by atoms with Crippen molar-refractivity contribution in [1.82, 2.24) is 9.97 Å². The predicted molar refractivity (Wildman–Crippen MR) is 75.5 cm³/mol. The normalized spacial score (nSPS) is 19.4. The van der Waals surface area contributed by atoms with Gasteiger partial charge in [-0.25, -0.2) is 9.97 Å². The van der Waals surface area contributed by atoms with Crippen molar-refractivity contribution < 1.29 is 0 Å². The first kappa shape index (κ1) is 13.1. The zero-order valence-corrected chi connectivity index (χ0v) is 11.2. The van der Waals surface area contributed by atoms with Gasteiger partial charge in [0.25, 0.3) is 0 Å². The molecular weight excluding hydrogens is 222 g/mol. The topological polar surface area (TPSA) is 37.8 Å². The van der Waals surface area contributed by atoms with Gasteiger partial charge in [0.15, 0.2) is 0 Å². The van der Waals surface area contributed by atoms with Crippen LogP contribution in [0.3, 0.4) is 0 Å². The van der Waals surface area contributed by atoms with Crippen molar-refractivity contribution in [2.24, 2.45) is 0 Å². The fourth-order valence-electron chi connectivity index (χ4n) is 2.43. The van der Waals surface area contributed by atoms with Crippen LogP contribution in [0, 0.1) is 0 Å². The molecule has 1 atom stereocenters. The van der Waals surface area contributed by atoms with Crippen molar-refractivity contribution in [2.45, 2.75) is 57.9 Å². The summed E-state index contributed by atoms with van der Waals surface area (Å²) in [7, 11) is 0. The standard InChI is InChI=1S/C15H23N3/c1-2-3-4-5-13-6-8-14(9-7-13)18-15-10-11-16-12-17-15/h6,10-12,14H,2-5,7-9H2,1H3,(H,16,17,18). The van der Waals surface area contributed by atoms with E-state index in [0.717, 1.165) is 12.2 Å². The Morgan fingerprint density at radius 1 is 1.39 bits per heavy atom. The summed E-state index contributed by atoms with van der Waals surface area (Å²) >= 11 is 0. The number of hydrogen-bond acceptors (Lipinski definition) is 3. The van der Waals surface area contributed by atoms with Crippen molar-refractivity contribution in [2.75, 3.05) is 5.32 Å². The van der Waals surface area contributed by atoms with Gasteiger partial charge in [-0.2, -0.15) is 0 Å². The number of anilines is 1. The first-order chi connectivity index (χ1) is 8.88.